The number of fused-ring (bicyclic) bond motifs is 1. The van der Waals surface area contributed by atoms with Crippen molar-refractivity contribution in [2.75, 3.05) is 44.2 Å². The molecule has 1 saturated heterocycles. The minimum absolute atomic E-state index is 0.186. The van der Waals surface area contributed by atoms with Crippen LogP contribution in [0.15, 0.2) is 12.1 Å². The van der Waals surface area contributed by atoms with Gasteiger partial charge in [-0.15, -0.1) is 0 Å². The number of carbonyl (C=O) groups is 1. The summed E-state index contributed by atoms with van der Waals surface area (Å²) in [5, 5.41) is 4.18. The monoisotopic (exact) mass is 374 g/mol. The molecule has 26 heavy (non-hydrogen) atoms. The van der Waals surface area contributed by atoms with Crippen molar-refractivity contribution in [2.24, 2.45) is 0 Å². The van der Waals surface area contributed by atoms with Crippen LogP contribution in [0, 0.1) is 13.8 Å². The Morgan fingerprint density at radius 2 is 1.92 bits per heavy atom. The molecule has 1 amide bonds. The van der Waals surface area contributed by atoms with E-state index in [9.17, 15) is 4.79 Å². The maximum Gasteiger partial charge on any atom is 0.220 e. The van der Waals surface area contributed by atoms with Gasteiger partial charge < -0.3 is 10.2 Å². The van der Waals surface area contributed by atoms with Crippen LogP contribution >= 0.6 is 11.3 Å². The van der Waals surface area contributed by atoms with E-state index in [2.05, 4.69) is 48.0 Å². The highest BCUT2D eigenvalue weighted by Gasteiger charge is 2.20. The number of hydrogen-bond acceptors (Lipinski definition) is 5. The van der Waals surface area contributed by atoms with Crippen LogP contribution in [0.1, 0.15) is 37.3 Å². The predicted molar refractivity (Wildman–Crippen MR) is 110 cm³/mol. The highest BCUT2D eigenvalue weighted by atomic mass is 32.1. The molecule has 0 bridgehead atoms. The number of aryl methyl sites for hydroxylation is 2. The van der Waals surface area contributed by atoms with Crippen molar-refractivity contribution in [3.05, 3.63) is 23.3 Å². The summed E-state index contributed by atoms with van der Waals surface area (Å²) in [5.41, 5.74) is 3.72. The highest BCUT2D eigenvalue weighted by Crippen LogP contribution is 2.33. The Balaban J connectivity index is 1.49. The molecule has 1 N–H and O–H groups in total. The van der Waals surface area contributed by atoms with E-state index in [-0.39, 0.29) is 5.91 Å². The van der Waals surface area contributed by atoms with Crippen molar-refractivity contribution in [2.45, 2.75) is 40.0 Å². The van der Waals surface area contributed by atoms with Crippen LogP contribution < -0.4 is 10.2 Å². The summed E-state index contributed by atoms with van der Waals surface area (Å²) in [7, 11) is 0. The molecular formula is C20H30N4OS. The second-order valence-electron chi connectivity index (χ2n) is 7.16. The molecule has 0 unspecified atom stereocenters. The fourth-order valence-electron chi connectivity index (χ4n) is 3.33. The van der Waals surface area contributed by atoms with Crippen LogP contribution in [-0.2, 0) is 4.79 Å². The first-order chi connectivity index (χ1) is 12.6. The van der Waals surface area contributed by atoms with Gasteiger partial charge in [0.2, 0.25) is 5.91 Å². The second kappa shape index (κ2) is 8.82. The third-order valence-electron chi connectivity index (χ3n) is 5.08. The lowest BCUT2D eigenvalue weighted by atomic mass is 10.1. The quantitative estimate of drug-likeness (QED) is 0.807. The van der Waals surface area contributed by atoms with E-state index in [1.165, 1.54) is 15.8 Å². The molecular weight excluding hydrogens is 344 g/mol. The number of thiazole rings is 1. The lowest BCUT2D eigenvalue weighted by Crippen LogP contribution is -2.48. The number of aromatic nitrogens is 1. The zero-order valence-electron chi connectivity index (χ0n) is 16.2. The molecule has 3 rings (SSSR count). The number of piperazine rings is 1. The van der Waals surface area contributed by atoms with Gasteiger partial charge in [0.15, 0.2) is 5.13 Å². The van der Waals surface area contributed by atoms with Crippen LogP contribution in [0.2, 0.25) is 0 Å². The number of rotatable bonds is 7. The fraction of sp³-hybridized carbons (Fsp3) is 0.600. The molecule has 0 aliphatic carbocycles. The van der Waals surface area contributed by atoms with E-state index in [0.717, 1.165) is 62.8 Å². The van der Waals surface area contributed by atoms with Gasteiger partial charge in [0, 0.05) is 45.7 Å². The molecule has 2 aromatic rings. The average Bonchev–Trinajstić information content (AvgIpc) is 3.10. The summed E-state index contributed by atoms with van der Waals surface area (Å²) in [6.45, 7) is 12.2. The topological polar surface area (TPSA) is 48.5 Å². The van der Waals surface area contributed by atoms with Gasteiger partial charge in [-0.05, 0) is 31.4 Å². The van der Waals surface area contributed by atoms with Crippen molar-refractivity contribution >= 4 is 32.6 Å². The zero-order chi connectivity index (χ0) is 18.5. The van der Waals surface area contributed by atoms with Crippen molar-refractivity contribution in [1.29, 1.82) is 0 Å². The summed E-state index contributed by atoms with van der Waals surface area (Å²) in [5.74, 6) is 0.186. The highest BCUT2D eigenvalue weighted by molar-refractivity contribution is 7.22. The van der Waals surface area contributed by atoms with Gasteiger partial charge in [0.25, 0.3) is 0 Å². The first-order valence-corrected chi connectivity index (χ1v) is 10.5. The van der Waals surface area contributed by atoms with Gasteiger partial charge in [-0.1, -0.05) is 36.8 Å². The Morgan fingerprint density at radius 1 is 1.19 bits per heavy atom. The van der Waals surface area contributed by atoms with Gasteiger partial charge in [-0.25, -0.2) is 4.98 Å². The summed E-state index contributed by atoms with van der Waals surface area (Å²) in [4.78, 5) is 21.4. The van der Waals surface area contributed by atoms with Gasteiger partial charge in [-0.3, -0.25) is 9.69 Å². The van der Waals surface area contributed by atoms with E-state index >= 15 is 0 Å². The normalized spacial score (nSPS) is 15.6. The van der Waals surface area contributed by atoms with E-state index in [4.69, 9.17) is 4.98 Å². The molecule has 0 spiro atoms. The molecule has 1 aliphatic rings. The smallest absolute Gasteiger partial charge is 0.220 e. The lowest BCUT2D eigenvalue weighted by Gasteiger charge is -2.34. The summed E-state index contributed by atoms with van der Waals surface area (Å²) in [6.07, 6.45) is 2.70. The third kappa shape index (κ3) is 4.54. The molecule has 0 atom stereocenters. The van der Waals surface area contributed by atoms with E-state index in [0.29, 0.717) is 6.42 Å². The van der Waals surface area contributed by atoms with Crippen molar-refractivity contribution in [3.8, 4) is 0 Å². The Hall–Kier alpha value is -1.66. The van der Waals surface area contributed by atoms with Crippen molar-refractivity contribution < 1.29 is 4.79 Å². The minimum atomic E-state index is 0.186. The first-order valence-electron chi connectivity index (χ1n) is 9.69. The maximum atomic E-state index is 11.7. The maximum absolute atomic E-state index is 11.7. The summed E-state index contributed by atoms with van der Waals surface area (Å²) < 4.78 is 1.32. The molecule has 6 heteroatoms. The van der Waals surface area contributed by atoms with E-state index in [1.54, 1.807) is 0 Å². The second-order valence-corrected chi connectivity index (χ2v) is 8.13. The van der Waals surface area contributed by atoms with Gasteiger partial charge in [0.05, 0.1) is 10.2 Å². The van der Waals surface area contributed by atoms with Crippen LogP contribution in [0.4, 0.5) is 5.13 Å². The number of carbonyl (C=O) groups excluding carboxylic acids is 1. The van der Waals surface area contributed by atoms with E-state index in [1.807, 2.05) is 11.3 Å². The third-order valence-corrected chi connectivity index (χ3v) is 6.33. The summed E-state index contributed by atoms with van der Waals surface area (Å²) >= 11 is 1.81. The van der Waals surface area contributed by atoms with Crippen LogP contribution in [0.5, 0.6) is 0 Å². The summed E-state index contributed by atoms with van der Waals surface area (Å²) in [6, 6.07) is 4.35. The molecule has 2 heterocycles. The molecule has 0 radical (unpaired) electrons. The first kappa shape index (κ1) is 19.1. The standard InChI is InChI=1S/C20H30N4OS/c1-4-5-6-17(25)21-9-10-23-11-13-24(14-12-23)20-22-18-15(2)7-8-16(3)19(18)26-20/h7-8H,4-6,9-14H2,1-3H3,(H,21,25). The molecule has 142 valence electrons. The predicted octanol–water partition coefficient (Wildman–Crippen LogP) is 3.34. The number of anilines is 1. The van der Waals surface area contributed by atoms with Crippen LogP contribution in [0.25, 0.3) is 10.2 Å². The Bertz CT molecular complexity index is 711. The molecule has 5 nitrogen and oxygen atoms in total. The Labute approximate surface area is 160 Å². The number of nitrogens with zero attached hydrogens (tertiary/aromatic N) is 3. The van der Waals surface area contributed by atoms with E-state index < -0.39 is 0 Å². The largest absolute Gasteiger partial charge is 0.355 e. The fourth-order valence-corrected chi connectivity index (χ4v) is 4.49. The van der Waals surface area contributed by atoms with Crippen molar-refractivity contribution in [3.63, 3.8) is 0 Å². The van der Waals surface area contributed by atoms with Crippen molar-refractivity contribution in [1.82, 2.24) is 15.2 Å². The molecule has 1 aromatic carbocycles. The number of benzene rings is 1. The molecule has 1 aliphatic heterocycles. The van der Waals surface area contributed by atoms with Crippen LogP contribution in [-0.4, -0.2) is 55.1 Å². The SMILES string of the molecule is CCCCC(=O)NCCN1CCN(c2nc3c(C)ccc(C)c3s2)CC1. The Kier molecular flexibility index (Phi) is 6.48. The van der Waals surface area contributed by atoms with Gasteiger partial charge in [-0.2, -0.15) is 0 Å². The number of hydrogen-bond donors (Lipinski definition) is 1. The lowest BCUT2D eigenvalue weighted by molar-refractivity contribution is -0.121. The number of unbranched alkanes of at least 4 members (excludes halogenated alkanes) is 1. The average molecular weight is 375 g/mol. The molecule has 1 fully saturated rings. The molecule has 0 saturated carbocycles. The molecule has 1 aromatic heterocycles. The number of nitrogens with one attached hydrogen (secondary N) is 1. The van der Waals surface area contributed by atoms with Gasteiger partial charge in [0.1, 0.15) is 0 Å². The van der Waals surface area contributed by atoms with Crippen LogP contribution in [0.3, 0.4) is 0 Å². The Morgan fingerprint density at radius 3 is 2.62 bits per heavy atom. The van der Waals surface area contributed by atoms with Gasteiger partial charge >= 0.3 is 0 Å². The zero-order valence-corrected chi connectivity index (χ0v) is 17.0. The minimum Gasteiger partial charge on any atom is -0.355 e. The number of amides is 1.